The fourth-order valence-electron chi connectivity index (χ4n) is 6.87. The van der Waals surface area contributed by atoms with Crippen molar-refractivity contribution in [3.63, 3.8) is 0 Å². The Bertz CT molecular complexity index is 810. The molecule has 190 valence electrons. The zero-order valence-corrected chi connectivity index (χ0v) is 20.9. The van der Waals surface area contributed by atoms with E-state index < -0.39 is 0 Å². The molecule has 1 aromatic carbocycles. The first kappa shape index (κ1) is 25.5. The number of carbonyl (C=O) groups excluding carboxylic acids is 1. The van der Waals surface area contributed by atoms with Crippen LogP contribution in [0.2, 0.25) is 0 Å². The number of hydrogen-bond donors (Lipinski definition) is 1. The molecule has 34 heavy (non-hydrogen) atoms. The first-order valence-electron chi connectivity index (χ1n) is 13.2. The number of aliphatic hydroxyl groups excluding tert-OH is 1. The van der Waals surface area contributed by atoms with Gasteiger partial charge in [-0.25, -0.2) is 4.79 Å². The largest absolute Gasteiger partial charge is 0.494 e. The van der Waals surface area contributed by atoms with Crippen LogP contribution in [-0.4, -0.2) is 57.3 Å². The second-order valence-corrected chi connectivity index (χ2v) is 10.5. The maximum Gasteiger partial charge on any atom is 0.331 e. The summed E-state index contributed by atoms with van der Waals surface area (Å²) >= 11 is 0. The number of aryl methyl sites for hydroxylation is 1. The minimum absolute atomic E-state index is 0.0156. The second-order valence-electron chi connectivity index (χ2n) is 10.5. The maximum atomic E-state index is 11.0. The molecule has 0 aliphatic heterocycles. The van der Waals surface area contributed by atoms with Crippen molar-refractivity contribution >= 4 is 5.97 Å². The van der Waals surface area contributed by atoms with E-state index in [1.54, 1.807) is 5.56 Å². The van der Waals surface area contributed by atoms with Crippen molar-refractivity contribution < 1.29 is 28.8 Å². The van der Waals surface area contributed by atoms with E-state index in [0.29, 0.717) is 31.8 Å². The van der Waals surface area contributed by atoms with Gasteiger partial charge in [0, 0.05) is 19.8 Å². The van der Waals surface area contributed by atoms with E-state index in [9.17, 15) is 4.79 Å². The number of fused-ring (bicyclic) bond motifs is 5. The van der Waals surface area contributed by atoms with Crippen LogP contribution in [0.3, 0.4) is 0 Å². The lowest BCUT2D eigenvalue weighted by Gasteiger charge is -2.50. The van der Waals surface area contributed by atoms with Gasteiger partial charge >= 0.3 is 5.97 Å². The lowest BCUT2D eigenvalue weighted by atomic mass is 9.55. The molecule has 0 radical (unpaired) electrons. The van der Waals surface area contributed by atoms with Crippen molar-refractivity contribution in [1.82, 2.24) is 0 Å². The molecule has 0 saturated heterocycles. The highest BCUT2D eigenvalue weighted by Gasteiger charge is 2.55. The summed E-state index contributed by atoms with van der Waals surface area (Å²) in [6.07, 6.45) is 10.2. The summed E-state index contributed by atoms with van der Waals surface area (Å²) in [5.74, 6) is 2.80. The predicted octanol–water partition coefficient (Wildman–Crippen LogP) is 4.66. The summed E-state index contributed by atoms with van der Waals surface area (Å²) in [5.41, 5.74) is 3.31. The summed E-state index contributed by atoms with van der Waals surface area (Å²) in [6.45, 7) is 4.58. The highest BCUT2D eigenvalue weighted by atomic mass is 16.6. The highest BCUT2D eigenvalue weighted by Crippen LogP contribution is 2.61. The molecule has 6 heteroatoms. The van der Waals surface area contributed by atoms with Gasteiger partial charge in [0.25, 0.3) is 0 Å². The number of unbranched alkanes of at least 4 members (excludes halogenated alkanes) is 1. The van der Waals surface area contributed by atoms with Crippen molar-refractivity contribution in [3.05, 3.63) is 29.3 Å². The average Bonchev–Trinajstić information content (AvgIpc) is 3.19. The van der Waals surface area contributed by atoms with Crippen LogP contribution >= 0.6 is 0 Å². The van der Waals surface area contributed by atoms with Crippen LogP contribution in [0.5, 0.6) is 5.75 Å². The number of hydrogen-bond acceptors (Lipinski definition) is 6. The third-order valence-electron chi connectivity index (χ3n) is 8.63. The van der Waals surface area contributed by atoms with E-state index in [1.807, 2.05) is 0 Å². The minimum Gasteiger partial charge on any atom is -0.494 e. The van der Waals surface area contributed by atoms with Gasteiger partial charge in [0.05, 0.1) is 19.8 Å². The Morgan fingerprint density at radius 1 is 1.09 bits per heavy atom. The highest BCUT2D eigenvalue weighted by molar-refractivity contribution is 5.70. The zero-order valence-electron chi connectivity index (χ0n) is 20.9. The number of aliphatic hydroxyl groups is 1. The Balaban J connectivity index is 1.28. The summed E-state index contributed by atoms with van der Waals surface area (Å²) in [4.78, 5) is 11.0. The van der Waals surface area contributed by atoms with Crippen LogP contribution < -0.4 is 4.74 Å². The SMILES string of the molecule is COC(=O)COCCCCOc1ccc2c(c1)CC[C@@H]1[C@@H]2CC[C@]2(C)[C@@H](OCCCO)CC[C@@H]12. The molecule has 0 amide bonds. The minimum atomic E-state index is -0.339. The van der Waals surface area contributed by atoms with E-state index >= 15 is 0 Å². The Hall–Kier alpha value is -1.63. The van der Waals surface area contributed by atoms with Crippen molar-refractivity contribution in [1.29, 1.82) is 0 Å². The molecule has 0 heterocycles. The third kappa shape index (κ3) is 5.60. The molecule has 0 unspecified atom stereocenters. The van der Waals surface area contributed by atoms with Gasteiger partial charge in [-0.3, -0.25) is 0 Å². The molecule has 1 aromatic rings. The molecule has 6 nitrogen and oxygen atoms in total. The first-order chi connectivity index (χ1) is 16.6. The van der Waals surface area contributed by atoms with Gasteiger partial charge in [0.15, 0.2) is 0 Å². The monoisotopic (exact) mass is 474 g/mol. The summed E-state index contributed by atoms with van der Waals surface area (Å²) in [5, 5.41) is 9.11. The van der Waals surface area contributed by atoms with E-state index in [2.05, 4.69) is 29.9 Å². The number of rotatable bonds is 12. The second kappa shape index (κ2) is 11.9. The number of methoxy groups -OCH3 is 1. The van der Waals surface area contributed by atoms with E-state index in [4.69, 9.17) is 19.3 Å². The summed E-state index contributed by atoms with van der Waals surface area (Å²) < 4.78 is 22.1. The van der Waals surface area contributed by atoms with E-state index in [-0.39, 0.29) is 24.6 Å². The fourth-order valence-corrected chi connectivity index (χ4v) is 6.87. The molecule has 0 bridgehead atoms. The van der Waals surface area contributed by atoms with Crippen molar-refractivity contribution in [2.75, 3.05) is 40.1 Å². The molecule has 4 rings (SSSR count). The van der Waals surface area contributed by atoms with Gasteiger partial charge in [0.1, 0.15) is 12.4 Å². The fraction of sp³-hybridized carbons (Fsp3) is 0.750. The molecular weight excluding hydrogens is 432 g/mol. The number of esters is 1. The quantitative estimate of drug-likeness (QED) is 0.351. The molecule has 0 aromatic heterocycles. The van der Waals surface area contributed by atoms with Crippen molar-refractivity contribution in [2.45, 2.75) is 76.7 Å². The Labute approximate surface area is 204 Å². The lowest BCUT2D eigenvalue weighted by molar-refractivity contribution is -0.145. The Morgan fingerprint density at radius 2 is 1.94 bits per heavy atom. The Morgan fingerprint density at radius 3 is 2.76 bits per heavy atom. The standard InChI is InChI=1S/C28H42O6/c1-28-13-12-23-22-9-7-21(33-16-4-3-15-32-19-27(30)31-2)18-20(22)6-8-24(23)25(28)10-11-26(28)34-17-5-14-29/h7,9,18,23-26,29H,3-6,8,10-17,19H2,1-2H3/t23-,24-,25+,26+,28+/m1/s1. The predicted molar refractivity (Wildman–Crippen MR) is 130 cm³/mol. The van der Waals surface area contributed by atoms with Crippen LogP contribution in [0.25, 0.3) is 0 Å². The molecule has 2 fully saturated rings. The molecule has 3 aliphatic carbocycles. The van der Waals surface area contributed by atoms with Crippen molar-refractivity contribution in [3.8, 4) is 5.75 Å². The maximum absolute atomic E-state index is 11.0. The van der Waals surface area contributed by atoms with Crippen LogP contribution in [-0.2, 0) is 25.4 Å². The molecule has 5 atom stereocenters. The topological polar surface area (TPSA) is 74.2 Å². The molecule has 2 saturated carbocycles. The van der Waals surface area contributed by atoms with Gasteiger partial charge in [-0.05, 0) is 104 Å². The van der Waals surface area contributed by atoms with Crippen LogP contribution in [0.15, 0.2) is 18.2 Å². The van der Waals surface area contributed by atoms with Gasteiger partial charge in [0.2, 0.25) is 0 Å². The number of benzene rings is 1. The van der Waals surface area contributed by atoms with E-state index in [1.165, 1.54) is 44.8 Å². The normalized spacial score (nSPS) is 29.7. The molecular formula is C28H42O6. The van der Waals surface area contributed by atoms with Crippen LogP contribution in [0, 0.1) is 17.3 Å². The zero-order chi connectivity index (χ0) is 24.0. The van der Waals surface area contributed by atoms with Gasteiger partial charge in [-0.1, -0.05) is 13.0 Å². The van der Waals surface area contributed by atoms with Gasteiger partial charge in [-0.15, -0.1) is 0 Å². The van der Waals surface area contributed by atoms with Crippen molar-refractivity contribution in [2.24, 2.45) is 17.3 Å². The summed E-state index contributed by atoms with van der Waals surface area (Å²) in [7, 11) is 1.37. The van der Waals surface area contributed by atoms with E-state index in [0.717, 1.165) is 43.3 Å². The summed E-state index contributed by atoms with van der Waals surface area (Å²) in [6, 6.07) is 6.74. The molecule has 0 spiro atoms. The third-order valence-corrected chi connectivity index (χ3v) is 8.63. The van der Waals surface area contributed by atoms with Crippen LogP contribution in [0.4, 0.5) is 0 Å². The van der Waals surface area contributed by atoms with Gasteiger partial charge in [-0.2, -0.15) is 0 Å². The smallest absolute Gasteiger partial charge is 0.331 e. The Kier molecular flexibility index (Phi) is 8.89. The number of ether oxygens (including phenoxy) is 4. The molecule has 3 aliphatic rings. The van der Waals surface area contributed by atoms with Crippen LogP contribution in [0.1, 0.15) is 75.3 Å². The lowest BCUT2D eigenvalue weighted by Crippen LogP contribution is -2.44. The average molecular weight is 475 g/mol. The number of carbonyl (C=O) groups is 1. The molecule has 1 N–H and O–H groups in total. The first-order valence-corrected chi connectivity index (χ1v) is 13.2. The van der Waals surface area contributed by atoms with Gasteiger partial charge < -0.3 is 24.1 Å².